The molecule has 0 bridgehead atoms. The van der Waals surface area contributed by atoms with Gasteiger partial charge in [0.1, 0.15) is 10.8 Å². The molecule has 0 spiro atoms. The second kappa shape index (κ2) is 3.88. The number of hydrogen-bond acceptors (Lipinski definition) is 3. The molecule has 0 aliphatic heterocycles. The zero-order valence-corrected chi connectivity index (χ0v) is 8.97. The molecule has 0 unspecified atom stereocenters. The molecule has 0 amide bonds. The van der Waals surface area contributed by atoms with Gasteiger partial charge in [-0.2, -0.15) is 0 Å². The van der Waals surface area contributed by atoms with E-state index >= 15 is 0 Å². The monoisotopic (exact) mass is 205 g/mol. The Kier molecular flexibility index (Phi) is 2.59. The number of thioether (sulfide) groups is 1. The minimum Gasteiger partial charge on any atom is -0.440 e. The number of nitrogens with zero attached hydrogens (tertiary/aromatic N) is 1. The Morgan fingerprint density at radius 3 is 2.50 bits per heavy atom. The Bertz CT molecular complexity index is 422. The largest absolute Gasteiger partial charge is 0.440 e. The van der Waals surface area contributed by atoms with Crippen LogP contribution in [-0.2, 0) is 0 Å². The number of benzene rings is 1. The first kappa shape index (κ1) is 9.34. The van der Waals surface area contributed by atoms with Crippen molar-refractivity contribution in [2.75, 3.05) is 6.26 Å². The van der Waals surface area contributed by atoms with Gasteiger partial charge in [-0.25, -0.2) is 4.98 Å². The van der Waals surface area contributed by atoms with Crippen molar-refractivity contribution in [1.29, 1.82) is 0 Å². The van der Waals surface area contributed by atoms with Crippen LogP contribution >= 0.6 is 11.8 Å². The van der Waals surface area contributed by atoms with Crippen LogP contribution in [0.3, 0.4) is 0 Å². The van der Waals surface area contributed by atoms with Crippen molar-refractivity contribution in [3.63, 3.8) is 0 Å². The van der Waals surface area contributed by atoms with Crippen molar-refractivity contribution in [3.8, 4) is 11.5 Å². The van der Waals surface area contributed by atoms with Gasteiger partial charge in [-0.05, 0) is 25.3 Å². The SMILES string of the molecule is CSc1nc(-c2ccccc2)oc1C. The maximum atomic E-state index is 5.56. The average Bonchev–Trinajstić information content (AvgIpc) is 2.61. The van der Waals surface area contributed by atoms with Crippen molar-refractivity contribution in [3.05, 3.63) is 36.1 Å². The maximum absolute atomic E-state index is 5.56. The van der Waals surface area contributed by atoms with Crippen LogP contribution in [0.2, 0.25) is 0 Å². The summed E-state index contributed by atoms with van der Waals surface area (Å²) in [4.78, 5) is 4.39. The van der Waals surface area contributed by atoms with Gasteiger partial charge < -0.3 is 4.42 Å². The topological polar surface area (TPSA) is 26.0 Å². The van der Waals surface area contributed by atoms with Gasteiger partial charge in [-0.3, -0.25) is 0 Å². The van der Waals surface area contributed by atoms with Crippen molar-refractivity contribution in [2.45, 2.75) is 11.9 Å². The Hall–Kier alpha value is -1.22. The molecule has 0 aliphatic carbocycles. The van der Waals surface area contributed by atoms with Crippen molar-refractivity contribution in [2.24, 2.45) is 0 Å². The lowest BCUT2D eigenvalue weighted by Crippen LogP contribution is -1.75. The highest BCUT2D eigenvalue weighted by Gasteiger charge is 2.09. The van der Waals surface area contributed by atoms with Crippen molar-refractivity contribution >= 4 is 11.8 Å². The van der Waals surface area contributed by atoms with Gasteiger partial charge in [-0.15, -0.1) is 11.8 Å². The predicted molar refractivity (Wildman–Crippen MR) is 58.5 cm³/mol. The molecule has 0 radical (unpaired) electrons. The molecule has 72 valence electrons. The maximum Gasteiger partial charge on any atom is 0.227 e. The van der Waals surface area contributed by atoms with Gasteiger partial charge >= 0.3 is 0 Å². The van der Waals surface area contributed by atoms with Crippen LogP contribution in [0.25, 0.3) is 11.5 Å². The highest BCUT2D eigenvalue weighted by molar-refractivity contribution is 7.98. The van der Waals surface area contributed by atoms with Crippen LogP contribution in [0.15, 0.2) is 39.8 Å². The summed E-state index contributed by atoms with van der Waals surface area (Å²) in [5.74, 6) is 1.59. The molecule has 1 aromatic carbocycles. The summed E-state index contributed by atoms with van der Waals surface area (Å²) in [6.07, 6.45) is 2.00. The Morgan fingerprint density at radius 2 is 1.93 bits per heavy atom. The van der Waals surface area contributed by atoms with Gasteiger partial charge in [0.05, 0.1) is 0 Å². The first-order chi connectivity index (χ1) is 6.81. The average molecular weight is 205 g/mol. The van der Waals surface area contributed by atoms with Gasteiger partial charge in [0.25, 0.3) is 0 Å². The molecule has 0 atom stereocenters. The number of aromatic nitrogens is 1. The number of hydrogen-bond donors (Lipinski definition) is 0. The van der Waals surface area contributed by atoms with E-state index in [1.807, 2.05) is 43.5 Å². The third kappa shape index (κ3) is 1.68. The summed E-state index contributed by atoms with van der Waals surface area (Å²) < 4.78 is 5.56. The third-order valence-corrected chi connectivity index (χ3v) is 2.73. The van der Waals surface area contributed by atoms with E-state index in [1.165, 1.54) is 0 Å². The van der Waals surface area contributed by atoms with E-state index in [0.29, 0.717) is 5.89 Å². The number of aryl methyl sites for hydroxylation is 1. The summed E-state index contributed by atoms with van der Waals surface area (Å²) in [5, 5.41) is 0.962. The Morgan fingerprint density at radius 1 is 1.21 bits per heavy atom. The van der Waals surface area contributed by atoms with E-state index in [1.54, 1.807) is 11.8 Å². The van der Waals surface area contributed by atoms with Gasteiger partial charge in [0.2, 0.25) is 5.89 Å². The fraction of sp³-hybridized carbons (Fsp3) is 0.182. The predicted octanol–water partition coefficient (Wildman–Crippen LogP) is 3.37. The molecule has 2 nitrogen and oxygen atoms in total. The molecule has 2 rings (SSSR count). The molecule has 0 aliphatic rings. The molecule has 3 heteroatoms. The molecular weight excluding hydrogens is 194 g/mol. The molecular formula is C11H11NOS. The molecule has 1 aromatic heterocycles. The molecule has 14 heavy (non-hydrogen) atoms. The van der Waals surface area contributed by atoms with Crippen LogP contribution in [-0.4, -0.2) is 11.2 Å². The molecule has 0 saturated carbocycles. The van der Waals surface area contributed by atoms with Gasteiger partial charge in [0.15, 0.2) is 0 Å². The zero-order valence-electron chi connectivity index (χ0n) is 8.15. The normalized spacial score (nSPS) is 10.4. The lowest BCUT2D eigenvalue weighted by molar-refractivity contribution is 0.537. The molecule has 1 heterocycles. The zero-order chi connectivity index (χ0) is 9.97. The lowest BCUT2D eigenvalue weighted by atomic mass is 10.2. The fourth-order valence-corrected chi connectivity index (χ4v) is 1.78. The van der Waals surface area contributed by atoms with Crippen LogP contribution in [0, 0.1) is 6.92 Å². The highest BCUT2D eigenvalue weighted by atomic mass is 32.2. The van der Waals surface area contributed by atoms with E-state index in [2.05, 4.69) is 4.98 Å². The molecule has 0 fully saturated rings. The molecule has 0 saturated heterocycles. The Labute approximate surface area is 87.4 Å². The summed E-state index contributed by atoms with van der Waals surface area (Å²) in [6, 6.07) is 9.93. The van der Waals surface area contributed by atoms with Crippen LogP contribution in [0.5, 0.6) is 0 Å². The second-order valence-corrected chi connectivity index (χ2v) is 3.75. The second-order valence-electron chi connectivity index (χ2n) is 2.95. The van der Waals surface area contributed by atoms with Crippen LogP contribution in [0.1, 0.15) is 5.76 Å². The Balaban J connectivity index is 2.43. The van der Waals surface area contributed by atoms with Crippen molar-refractivity contribution < 1.29 is 4.42 Å². The fourth-order valence-electron chi connectivity index (χ4n) is 1.28. The van der Waals surface area contributed by atoms with Crippen LogP contribution in [0.4, 0.5) is 0 Å². The van der Waals surface area contributed by atoms with E-state index in [9.17, 15) is 0 Å². The first-order valence-corrected chi connectivity index (χ1v) is 5.60. The van der Waals surface area contributed by atoms with Crippen molar-refractivity contribution in [1.82, 2.24) is 4.98 Å². The van der Waals surface area contributed by atoms with E-state index < -0.39 is 0 Å². The van der Waals surface area contributed by atoms with Crippen LogP contribution < -0.4 is 0 Å². The van der Waals surface area contributed by atoms with E-state index in [-0.39, 0.29) is 0 Å². The summed E-state index contributed by atoms with van der Waals surface area (Å²) in [7, 11) is 0. The molecule has 0 N–H and O–H groups in total. The summed E-state index contributed by atoms with van der Waals surface area (Å²) in [5.41, 5.74) is 1.02. The highest BCUT2D eigenvalue weighted by Crippen LogP contribution is 2.25. The smallest absolute Gasteiger partial charge is 0.227 e. The number of oxazole rings is 1. The summed E-state index contributed by atoms with van der Waals surface area (Å²) in [6.45, 7) is 1.94. The standard InChI is InChI=1S/C11H11NOS/c1-8-11(14-2)12-10(13-8)9-6-4-3-5-7-9/h3-7H,1-2H3. The lowest BCUT2D eigenvalue weighted by Gasteiger charge is -1.91. The van der Waals surface area contributed by atoms with E-state index in [4.69, 9.17) is 4.42 Å². The van der Waals surface area contributed by atoms with Gasteiger partial charge in [-0.1, -0.05) is 18.2 Å². The minimum atomic E-state index is 0.701. The number of rotatable bonds is 2. The summed E-state index contributed by atoms with van der Waals surface area (Å²) >= 11 is 1.61. The third-order valence-electron chi connectivity index (χ3n) is 1.97. The quantitative estimate of drug-likeness (QED) is 0.703. The van der Waals surface area contributed by atoms with Gasteiger partial charge in [0, 0.05) is 5.56 Å². The first-order valence-electron chi connectivity index (χ1n) is 4.38. The van der Waals surface area contributed by atoms with E-state index in [0.717, 1.165) is 16.3 Å². The molecule has 2 aromatic rings. The minimum absolute atomic E-state index is 0.701.